The Bertz CT molecular complexity index is 1100. The Hall–Kier alpha value is -3.15. The van der Waals surface area contributed by atoms with Gasteiger partial charge in [0.1, 0.15) is 5.56 Å². The van der Waals surface area contributed by atoms with Crippen LogP contribution in [0.2, 0.25) is 0 Å². The number of rotatable bonds is 0. The smallest absolute Gasteiger partial charge is 0.368 e. The molecule has 1 atom stereocenters. The van der Waals surface area contributed by atoms with E-state index in [1.165, 1.54) is 6.07 Å². The number of pyridine rings is 3. The summed E-state index contributed by atoms with van der Waals surface area (Å²) in [7, 11) is 0. The molecule has 122 valence electrons. The number of halogens is 2. The van der Waals surface area contributed by atoms with Crippen LogP contribution in [0.15, 0.2) is 55.4 Å². The van der Waals surface area contributed by atoms with E-state index in [2.05, 4.69) is 11.6 Å². The van der Waals surface area contributed by atoms with Crippen molar-refractivity contribution in [1.82, 2.24) is 4.98 Å². The first-order chi connectivity index (χ1) is 12.0. The van der Waals surface area contributed by atoms with Crippen LogP contribution in [0, 0.1) is 18.8 Å². The van der Waals surface area contributed by atoms with Crippen molar-refractivity contribution in [2.75, 3.05) is 0 Å². The van der Waals surface area contributed by atoms with Crippen molar-refractivity contribution in [2.24, 2.45) is 0 Å². The zero-order valence-corrected chi connectivity index (χ0v) is 13.3. The van der Waals surface area contributed by atoms with Crippen LogP contribution in [0.25, 0.3) is 17.0 Å². The summed E-state index contributed by atoms with van der Waals surface area (Å²) in [6.07, 6.45) is 3.62. The van der Waals surface area contributed by atoms with E-state index < -0.39 is 17.7 Å². The normalized spacial score (nSPS) is 19.6. The Morgan fingerprint density at radius 3 is 2.72 bits per heavy atom. The van der Waals surface area contributed by atoms with E-state index in [4.69, 9.17) is 4.74 Å². The summed E-state index contributed by atoms with van der Waals surface area (Å²) in [6.45, 7) is 5.88. The molecule has 5 rings (SSSR count). The molecule has 1 spiro atoms. The Balaban J connectivity index is 1.98. The Morgan fingerprint density at radius 1 is 1.08 bits per heavy atom. The average molecular weight is 337 g/mol. The highest BCUT2D eigenvalue weighted by molar-refractivity contribution is 5.66. The van der Waals surface area contributed by atoms with Gasteiger partial charge in [0.2, 0.25) is 17.6 Å². The summed E-state index contributed by atoms with van der Waals surface area (Å²) < 4.78 is 38.4. The van der Waals surface area contributed by atoms with Crippen molar-refractivity contribution in [3.63, 3.8) is 0 Å². The molecule has 4 nitrogen and oxygen atoms in total. The lowest BCUT2D eigenvalue weighted by atomic mass is 10.1. The van der Waals surface area contributed by atoms with Crippen LogP contribution in [-0.2, 0) is 10.6 Å². The summed E-state index contributed by atoms with van der Waals surface area (Å²) in [5.41, 5.74) is 2.87. The first-order valence-corrected chi connectivity index (χ1v) is 7.81. The average Bonchev–Trinajstić information content (AvgIpc) is 3.02. The van der Waals surface area contributed by atoms with Crippen LogP contribution < -0.4 is 9.13 Å². The van der Waals surface area contributed by atoms with Crippen LogP contribution in [0.1, 0.15) is 16.8 Å². The second kappa shape index (κ2) is 4.47. The first-order valence-electron chi connectivity index (χ1n) is 7.81. The molecular weight excluding hydrogens is 324 g/mol. The lowest BCUT2D eigenvalue weighted by Crippen LogP contribution is -2.71. The predicted octanol–water partition coefficient (Wildman–Crippen LogP) is 2.43. The Morgan fingerprint density at radius 2 is 1.88 bits per heavy atom. The SMILES string of the molecule is C=C1OC2(c3cc(F)nc(F)c3-c3cc(C)cc[n+]32)[n+]2ccccc21. The number of aryl methyl sites for hydroxylation is 1. The van der Waals surface area contributed by atoms with Gasteiger partial charge in [-0.05, 0) is 25.1 Å². The molecule has 0 aliphatic carbocycles. The molecule has 0 saturated carbocycles. The molecule has 1 unspecified atom stereocenters. The maximum Gasteiger partial charge on any atom is 0.556 e. The maximum atomic E-state index is 14.6. The molecule has 5 heterocycles. The second-order valence-corrected chi connectivity index (χ2v) is 6.21. The monoisotopic (exact) mass is 337 g/mol. The fraction of sp³-hybridized carbons (Fsp3) is 0.105. The van der Waals surface area contributed by atoms with Crippen LogP contribution in [-0.4, -0.2) is 4.98 Å². The van der Waals surface area contributed by atoms with Gasteiger partial charge in [-0.25, -0.2) is 0 Å². The molecule has 3 aromatic heterocycles. The van der Waals surface area contributed by atoms with Gasteiger partial charge in [0.05, 0.1) is 0 Å². The highest BCUT2D eigenvalue weighted by Crippen LogP contribution is 2.42. The zero-order chi connectivity index (χ0) is 17.3. The van der Waals surface area contributed by atoms with Crippen LogP contribution in [0.5, 0.6) is 0 Å². The molecule has 0 bridgehead atoms. The Labute approximate surface area is 142 Å². The number of aromatic nitrogens is 3. The van der Waals surface area contributed by atoms with Crippen molar-refractivity contribution in [2.45, 2.75) is 12.8 Å². The summed E-state index contributed by atoms with van der Waals surface area (Å²) in [6, 6.07) is 10.5. The summed E-state index contributed by atoms with van der Waals surface area (Å²) in [5.74, 6) is -2.56. The topological polar surface area (TPSA) is 29.9 Å². The number of nitrogens with zero attached hydrogens (tertiary/aromatic N) is 3. The van der Waals surface area contributed by atoms with Crippen LogP contribution in [0.3, 0.4) is 0 Å². The van der Waals surface area contributed by atoms with E-state index in [9.17, 15) is 8.78 Å². The van der Waals surface area contributed by atoms with Gasteiger partial charge in [0.15, 0.2) is 23.7 Å². The van der Waals surface area contributed by atoms with Crippen molar-refractivity contribution in [3.8, 4) is 11.3 Å². The molecule has 25 heavy (non-hydrogen) atoms. The number of hydrogen-bond donors (Lipinski definition) is 0. The fourth-order valence-electron chi connectivity index (χ4n) is 3.74. The first kappa shape index (κ1) is 14.2. The summed E-state index contributed by atoms with van der Waals surface area (Å²) in [4.78, 5) is 3.37. The van der Waals surface area contributed by atoms with Crippen molar-refractivity contribution >= 4 is 5.76 Å². The third-order valence-electron chi connectivity index (χ3n) is 4.73. The van der Waals surface area contributed by atoms with E-state index >= 15 is 0 Å². The third kappa shape index (κ3) is 1.61. The van der Waals surface area contributed by atoms with Gasteiger partial charge in [-0.3, -0.25) is 0 Å². The summed E-state index contributed by atoms with van der Waals surface area (Å²) >= 11 is 0. The summed E-state index contributed by atoms with van der Waals surface area (Å²) in [5, 5.41) is 0. The number of hydrogen-bond acceptors (Lipinski definition) is 2. The zero-order valence-electron chi connectivity index (χ0n) is 13.3. The third-order valence-corrected chi connectivity index (χ3v) is 4.73. The number of ether oxygens (including phenoxy) is 1. The van der Waals surface area contributed by atoms with Crippen LogP contribution in [0.4, 0.5) is 8.78 Å². The van der Waals surface area contributed by atoms with Gasteiger partial charge in [-0.1, -0.05) is 9.13 Å². The van der Waals surface area contributed by atoms with E-state index in [1.807, 2.05) is 54.2 Å². The van der Waals surface area contributed by atoms with Crippen molar-refractivity contribution in [3.05, 3.63) is 84.1 Å². The van der Waals surface area contributed by atoms with Crippen molar-refractivity contribution < 1.29 is 22.7 Å². The van der Waals surface area contributed by atoms with Gasteiger partial charge in [-0.15, -0.1) is 0 Å². The largest absolute Gasteiger partial charge is 0.556 e. The minimum absolute atomic E-state index is 0.238. The number of fused-ring (bicyclic) bond motifs is 7. The van der Waals surface area contributed by atoms with Gasteiger partial charge in [-0.2, -0.15) is 13.8 Å². The van der Waals surface area contributed by atoms with Gasteiger partial charge < -0.3 is 4.74 Å². The molecule has 3 aromatic rings. The highest BCUT2D eigenvalue weighted by atomic mass is 19.1. The minimum Gasteiger partial charge on any atom is -0.368 e. The lowest BCUT2D eigenvalue weighted by molar-refractivity contribution is -1.00. The molecular formula is C19H13F2N3O+2. The minimum atomic E-state index is -1.25. The molecule has 0 saturated heterocycles. The van der Waals surface area contributed by atoms with Gasteiger partial charge in [0, 0.05) is 30.3 Å². The van der Waals surface area contributed by atoms with E-state index in [-0.39, 0.29) is 5.56 Å². The van der Waals surface area contributed by atoms with Gasteiger partial charge in [0.25, 0.3) is 5.69 Å². The molecule has 0 N–H and O–H groups in total. The Kier molecular flexibility index (Phi) is 2.54. The maximum absolute atomic E-state index is 14.6. The molecule has 0 radical (unpaired) electrons. The van der Waals surface area contributed by atoms with E-state index in [1.54, 1.807) is 4.57 Å². The van der Waals surface area contributed by atoms with Crippen LogP contribution >= 0.6 is 0 Å². The van der Waals surface area contributed by atoms with E-state index in [0.717, 1.165) is 11.3 Å². The molecule has 6 heteroatoms. The van der Waals surface area contributed by atoms with Gasteiger partial charge >= 0.3 is 5.85 Å². The predicted molar refractivity (Wildman–Crippen MR) is 83.8 cm³/mol. The molecule has 2 aliphatic heterocycles. The second-order valence-electron chi connectivity index (χ2n) is 6.21. The molecule has 2 aliphatic rings. The fourth-order valence-corrected chi connectivity index (χ4v) is 3.74. The molecule has 0 aromatic carbocycles. The van der Waals surface area contributed by atoms with Crippen molar-refractivity contribution in [1.29, 1.82) is 0 Å². The lowest BCUT2D eigenvalue weighted by Gasteiger charge is -2.13. The standard InChI is InChI=1S/C19H13F2N3O/c1-11-6-8-24-15(9-11)17-13(10-16(20)22-18(17)21)19(24)23-7-4-3-5-14(23)12(2)25-19/h3-10H,2H2,1H3/q+2. The van der Waals surface area contributed by atoms with E-state index in [0.29, 0.717) is 17.0 Å². The quantitative estimate of drug-likeness (QED) is 0.466. The molecule has 0 fully saturated rings. The molecule has 0 amide bonds. The highest BCUT2D eigenvalue weighted by Gasteiger charge is 2.69.